The quantitative estimate of drug-likeness (QED) is 0.863. The van der Waals surface area contributed by atoms with Gasteiger partial charge in [-0.05, 0) is 25.5 Å². The monoisotopic (exact) mass is 247 g/mol. The van der Waals surface area contributed by atoms with Crippen LogP contribution in [0.2, 0.25) is 0 Å². The van der Waals surface area contributed by atoms with Gasteiger partial charge in [-0.25, -0.2) is 4.79 Å². The topological polar surface area (TPSA) is 49.3 Å². The first kappa shape index (κ1) is 13.3. The van der Waals surface area contributed by atoms with Gasteiger partial charge in [0.2, 0.25) is 5.54 Å². The van der Waals surface area contributed by atoms with Gasteiger partial charge in [0.25, 0.3) is 0 Å². The SMILES string of the molecule is Cc1ccccc1NC(C)(C(=O)O)C(F)(F)F. The van der Waals surface area contributed by atoms with Gasteiger partial charge in [-0.2, -0.15) is 13.2 Å². The highest BCUT2D eigenvalue weighted by Crippen LogP contribution is 2.34. The second-order valence-corrected chi connectivity index (χ2v) is 3.87. The van der Waals surface area contributed by atoms with Crippen LogP contribution in [0.3, 0.4) is 0 Å². The number of alkyl halides is 3. The van der Waals surface area contributed by atoms with Crippen LogP contribution in [-0.2, 0) is 4.79 Å². The number of carboxylic acids is 1. The summed E-state index contributed by atoms with van der Waals surface area (Å²) in [6.07, 6.45) is -4.89. The molecule has 0 bridgehead atoms. The maximum atomic E-state index is 12.7. The molecule has 6 heteroatoms. The zero-order valence-corrected chi connectivity index (χ0v) is 9.30. The van der Waals surface area contributed by atoms with Crippen LogP contribution in [0.15, 0.2) is 24.3 Å². The molecule has 1 unspecified atom stereocenters. The normalized spacial score (nSPS) is 15.1. The van der Waals surface area contributed by atoms with E-state index in [-0.39, 0.29) is 5.69 Å². The van der Waals surface area contributed by atoms with E-state index in [4.69, 9.17) is 5.11 Å². The fraction of sp³-hybridized carbons (Fsp3) is 0.364. The molecule has 0 fully saturated rings. The minimum Gasteiger partial charge on any atom is -0.479 e. The number of para-hydroxylation sites is 1. The summed E-state index contributed by atoms with van der Waals surface area (Å²) in [4.78, 5) is 10.8. The number of nitrogens with one attached hydrogen (secondary N) is 1. The maximum absolute atomic E-state index is 12.7. The fourth-order valence-corrected chi connectivity index (χ4v) is 1.23. The molecule has 0 aliphatic heterocycles. The molecule has 0 saturated heterocycles. The molecule has 0 spiro atoms. The molecule has 94 valence electrons. The van der Waals surface area contributed by atoms with Crippen LogP contribution in [0, 0.1) is 6.92 Å². The standard InChI is InChI=1S/C11H12F3NO2/c1-7-5-3-4-6-8(7)15-10(2,9(16)17)11(12,13)14/h3-6,15H,1-2H3,(H,16,17). The number of halogens is 3. The number of hydrogen-bond acceptors (Lipinski definition) is 2. The average Bonchev–Trinajstić information content (AvgIpc) is 2.19. The molecule has 0 aliphatic carbocycles. The van der Waals surface area contributed by atoms with Crippen molar-refractivity contribution in [3.63, 3.8) is 0 Å². The van der Waals surface area contributed by atoms with Gasteiger partial charge in [0.05, 0.1) is 0 Å². The van der Waals surface area contributed by atoms with Gasteiger partial charge >= 0.3 is 12.1 Å². The van der Waals surface area contributed by atoms with Gasteiger partial charge in [0.15, 0.2) is 0 Å². The Balaban J connectivity index is 3.13. The number of carboxylic acid groups (broad SMARTS) is 1. The van der Waals surface area contributed by atoms with Crippen molar-refractivity contribution in [1.29, 1.82) is 0 Å². The molecule has 1 aromatic carbocycles. The minimum atomic E-state index is -4.89. The Hall–Kier alpha value is -1.72. The molecule has 0 radical (unpaired) electrons. The minimum absolute atomic E-state index is 0.148. The third-order valence-electron chi connectivity index (χ3n) is 2.52. The van der Waals surface area contributed by atoms with Gasteiger partial charge < -0.3 is 10.4 Å². The maximum Gasteiger partial charge on any atom is 0.422 e. The lowest BCUT2D eigenvalue weighted by atomic mass is 10.0. The van der Waals surface area contributed by atoms with Gasteiger partial charge in [0.1, 0.15) is 0 Å². The Labute approximate surface area is 96.3 Å². The lowest BCUT2D eigenvalue weighted by molar-refractivity contribution is -0.192. The van der Waals surface area contributed by atoms with Crippen LogP contribution in [0.4, 0.5) is 18.9 Å². The Morgan fingerprint density at radius 2 is 1.82 bits per heavy atom. The fourth-order valence-electron chi connectivity index (χ4n) is 1.23. The molecular formula is C11H12F3NO2. The van der Waals surface area contributed by atoms with Crippen LogP contribution >= 0.6 is 0 Å². The number of anilines is 1. The summed E-state index contributed by atoms with van der Waals surface area (Å²) >= 11 is 0. The van der Waals surface area contributed by atoms with E-state index in [1.807, 2.05) is 5.32 Å². The van der Waals surface area contributed by atoms with E-state index < -0.39 is 17.7 Å². The first-order chi connectivity index (χ1) is 7.68. The highest BCUT2D eigenvalue weighted by molar-refractivity contribution is 5.83. The Kier molecular flexibility index (Phi) is 3.35. The van der Waals surface area contributed by atoms with E-state index >= 15 is 0 Å². The van der Waals surface area contributed by atoms with Crippen molar-refractivity contribution in [2.24, 2.45) is 0 Å². The van der Waals surface area contributed by atoms with E-state index in [0.29, 0.717) is 12.5 Å². The van der Waals surface area contributed by atoms with Crippen LogP contribution < -0.4 is 5.32 Å². The zero-order valence-electron chi connectivity index (χ0n) is 9.30. The predicted molar refractivity (Wildman–Crippen MR) is 56.9 cm³/mol. The Morgan fingerprint density at radius 3 is 2.24 bits per heavy atom. The van der Waals surface area contributed by atoms with Crippen molar-refractivity contribution < 1.29 is 23.1 Å². The predicted octanol–water partition coefficient (Wildman–Crippen LogP) is 2.81. The van der Waals surface area contributed by atoms with E-state index in [1.54, 1.807) is 19.1 Å². The molecule has 0 saturated carbocycles. The molecule has 0 aromatic heterocycles. The third kappa shape index (κ3) is 2.51. The molecule has 1 rings (SSSR count). The lowest BCUT2D eigenvalue weighted by Crippen LogP contribution is -2.55. The number of aryl methyl sites for hydroxylation is 1. The molecule has 1 atom stereocenters. The van der Waals surface area contributed by atoms with Crippen molar-refractivity contribution in [3.05, 3.63) is 29.8 Å². The molecule has 0 aliphatic rings. The summed E-state index contributed by atoms with van der Waals surface area (Å²) in [6.45, 7) is 2.20. The Bertz CT molecular complexity index is 431. The van der Waals surface area contributed by atoms with Crippen molar-refractivity contribution in [2.45, 2.75) is 25.6 Å². The van der Waals surface area contributed by atoms with Crippen LogP contribution in [0.25, 0.3) is 0 Å². The number of benzene rings is 1. The van der Waals surface area contributed by atoms with Crippen molar-refractivity contribution >= 4 is 11.7 Å². The average molecular weight is 247 g/mol. The second-order valence-electron chi connectivity index (χ2n) is 3.87. The largest absolute Gasteiger partial charge is 0.479 e. The molecule has 17 heavy (non-hydrogen) atoms. The molecule has 3 nitrogen and oxygen atoms in total. The smallest absolute Gasteiger partial charge is 0.422 e. The van der Waals surface area contributed by atoms with E-state index in [9.17, 15) is 18.0 Å². The first-order valence-corrected chi connectivity index (χ1v) is 4.82. The number of rotatable bonds is 3. The molecule has 0 heterocycles. The summed E-state index contributed by atoms with van der Waals surface area (Å²) in [5.74, 6) is -1.96. The first-order valence-electron chi connectivity index (χ1n) is 4.82. The van der Waals surface area contributed by atoms with Crippen LogP contribution in [0.5, 0.6) is 0 Å². The summed E-state index contributed by atoms with van der Waals surface area (Å²) < 4.78 is 38.2. The van der Waals surface area contributed by atoms with E-state index in [1.165, 1.54) is 12.1 Å². The number of hydrogen-bond donors (Lipinski definition) is 2. The van der Waals surface area contributed by atoms with E-state index in [2.05, 4.69) is 0 Å². The second kappa shape index (κ2) is 4.27. The van der Waals surface area contributed by atoms with Gasteiger partial charge in [-0.3, -0.25) is 0 Å². The van der Waals surface area contributed by atoms with E-state index in [0.717, 1.165) is 0 Å². The zero-order chi connectivity index (χ0) is 13.3. The number of aliphatic carboxylic acids is 1. The third-order valence-corrected chi connectivity index (χ3v) is 2.52. The van der Waals surface area contributed by atoms with Gasteiger partial charge in [-0.15, -0.1) is 0 Å². The summed E-state index contributed by atoms with van der Waals surface area (Å²) in [5.41, 5.74) is -2.31. The van der Waals surface area contributed by atoms with Crippen molar-refractivity contribution in [1.82, 2.24) is 0 Å². The van der Waals surface area contributed by atoms with Crippen molar-refractivity contribution in [3.8, 4) is 0 Å². The Morgan fingerprint density at radius 1 is 1.29 bits per heavy atom. The highest BCUT2D eigenvalue weighted by Gasteiger charge is 2.57. The molecule has 0 amide bonds. The lowest BCUT2D eigenvalue weighted by Gasteiger charge is -2.30. The van der Waals surface area contributed by atoms with Crippen LogP contribution in [-0.4, -0.2) is 22.8 Å². The highest BCUT2D eigenvalue weighted by atomic mass is 19.4. The van der Waals surface area contributed by atoms with Gasteiger partial charge in [-0.1, -0.05) is 18.2 Å². The summed E-state index contributed by atoms with van der Waals surface area (Å²) in [5, 5.41) is 10.8. The molecular weight excluding hydrogens is 235 g/mol. The molecule has 2 N–H and O–H groups in total. The van der Waals surface area contributed by atoms with Crippen molar-refractivity contribution in [2.75, 3.05) is 5.32 Å². The van der Waals surface area contributed by atoms with Crippen LogP contribution in [0.1, 0.15) is 12.5 Å². The molecule has 1 aromatic rings. The number of carbonyl (C=O) groups is 1. The van der Waals surface area contributed by atoms with Gasteiger partial charge in [0, 0.05) is 5.69 Å². The summed E-state index contributed by atoms with van der Waals surface area (Å²) in [7, 11) is 0. The summed E-state index contributed by atoms with van der Waals surface area (Å²) in [6, 6.07) is 6.20.